The van der Waals surface area contributed by atoms with E-state index in [9.17, 15) is 9.59 Å². The maximum atomic E-state index is 13.6. The highest BCUT2D eigenvalue weighted by Crippen LogP contribution is 2.39. The average molecular weight is 543 g/mol. The smallest absolute Gasteiger partial charge is 0.259 e. The second-order valence-electron chi connectivity index (χ2n) is 7.98. The van der Waals surface area contributed by atoms with Crippen LogP contribution < -0.4 is 10.2 Å². The Balaban J connectivity index is 1.42. The first kappa shape index (κ1) is 23.8. The average Bonchev–Trinajstić information content (AvgIpc) is 3.14. The zero-order valence-electron chi connectivity index (χ0n) is 18.4. The Hall–Kier alpha value is -2.90. The fourth-order valence-corrected chi connectivity index (χ4v) is 5.68. The van der Waals surface area contributed by atoms with Crippen molar-refractivity contribution in [1.29, 1.82) is 0 Å². The summed E-state index contributed by atoms with van der Waals surface area (Å²) in [5.74, 6) is -0.645. The van der Waals surface area contributed by atoms with Crippen molar-refractivity contribution in [3.8, 4) is 11.3 Å². The number of aryl methyl sites for hydroxylation is 1. The quantitative estimate of drug-likeness (QED) is 0.291. The van der Waals surface area contributed by atoms with Gasteiger partial charge in [0.25, 0.3) is 11.8 Å². The van der Waals surface area contributed by atoms with Crippen LogP contribution in [0.4, 0.5) is 11.4 Å². The maximum absolute atomic E-state index is 13.6. The molecule has 1 aliphatic heterocycles. The molecule has 0 fully saturated rings. The number of amides is 2. The van der Waals surface area contributed by atoms with Crippen molar-refractivity contribution in [2.75, 3.05) is 16.8 Å². The summed E-state index contributed by atoms with van der Waals surface area (Å²) in [6.07, 6.45) is 0.702. The van der Waals surface area contributed by atoms with Gasteiger partial charge in [0.05, 0.1) is 42.6 Å². The molecule has 0 saturated carbocycles. The number of halogens is 3. The van der Waals surface area contributed by atoms with Crippen LogP contribution in [0.15, 0.2) is 60.7 Å². The predicted molar refractivity (Wildman–Crippen MR) is 144 cm³/mol. The van der Waals surface area contributed by atoms with Crippen molar-refractivity contribution in [1.82, 2.24) is 4.98 Å². The molecule has 9 heteroatoms. The highest BCUT2D eigenvalue weighted by molar-refractivity contribution is 7.12. The van der Waals surface area contributed by atoms with E-state index in [4.69, 9.17) is 39.8 Å². The molecule has 3 aromatic carbocycles. The number of para-hydroxylation sites is 1. The van der Waals surface area contributed by atoms with Crippen LogP contribution in [0.3, 0.4) is 0 Å². The van der Waals surface area contributed by atoms with E-state index in [1.165, 1.54) is 0 Å². The van der Waals surface area contributed by atoms with E-state index in [0.717, 1.165) is 26.8 Å². The second-order valence-corrected chi connectivity index (χ2v) is 10.5. The van der Waals surface area contributed by atoms with E-state index in [2.05, 4.69) is 5.32 Å². The Labute approximate surface area is 221 Å². The standard InChI is InChI=1S/C26H18Cl3N3O2S/c1-14-30-24-17-5-2-3-8-21(17)32(12-11-22(24)35-14)26(34)16-10-9-15(13-20(16)28)31-25(33)18-6-4-7-19(27)23(18)29/h2-10,13H,11-12H2,1H3,(H,31,33). The summed E-state index contributed by atoms with van der Waals surface area (Å²) in [5, 5.41) is 4.45. The van der Waals surface area contributed by atoms with Crippen LogP contribution in [-0.4, -0.2) is 23.3 Å². The minimum atomic E-state index is -0.428. The third kappa shape index (κ3) is 4.55. The van der Waals surface area contributed by atoms with Crippen molar-refractivity contribution in [2.45, 2.75) is 13.3 Å². The van der Waals surface area contributed by atoms with Gasteiger partial charge in [0.1, 0.15) is 0 Å². The molecule has 2 heterocycles. The Morgan fingerprint density at radius 3 is 2.57 bits per heavy atom. The van der Waals surface area contributed by atoms with E-state index in [1.54, 1.807) is 52.6 Å². The monoisotopic (exact) mass is 541 g/mol. The van der Waals surface area contributed by atoms with Gasteiger partial charge in [-0.1, -0.05) is 59.1 Å². The molecule has 176 valence electrons. The molecule has 2 amide bonds. The minimum Gasteiger partial charge on any atom is -0.322 e. The number of rotatable bonds is 3. The normalized spacial score (nSPS) is 12.5. The Morgan fingerprint density at radius 1 is 0.971 bits per heavy atom. The summed E-state index contributed by atoms with van der Waals surface area (Å²) in [4.78, 5) is 33.9. The molecule has 5 nitrogen and oxygen atoms in total. The van der Waals surface area contributed by atoms with Crippen molar-refractivity contribution in [3.05, 3.63) is 96.7 Å². The molecule has 0 spiro atoms. The van der Waals surface area contributed by atoms with Gasteiger partial charge in [-0.05, 0) is 43.3 Å². The molecule has 0 aliphatic carbocycles. The zero-order chi connectivity index (χ0) is 24.7. The summed E-state index contributed by atoms with van der Waals surface area (Å²) in [5.41, 5.74) is 3.68. The van der Waals surface area contributed by atoms with Gasteiger partial charge in [-0.15, -0.1) is 11.3 Å². The van der Waals surface area contributed by atoms with Crippen molar-refractivity contribution in [2.24, 2.45) is 0 Å². The summed E-state index contributed by atoms with van der Waals surface area (Å²) >= 11 is 20.4. The molecule has 1 N–H and O–H groups in total. The predicted octanol–water partition coefficient (Wildman–Crippen LogP) is 7.53. The number of anilines is 2. The van der Waals surface area contributed by atoms with Gasteiger partial charge in [-0.2, -0.15) is 0 Å². The largest absolute Gasteiger partial charge is 0.322 e. The van der Waals surface area contributed by atoms with Gasteiger partial charge < -0.3 is 10.2 Å². The summed E-state index contributed by atoms with van der Waals surface area (Å²) in [7, 11) is 0. The third-order valence-electron chi connectivity index (χ3n) is 5.72. The number of fused-ring (bicyclic) bond motifs is 3. The van der Waals surface area contributed by atoms with E-state index in [-0.39, 0.29) is 26.5 Å². The molecule has 1 aliphatic rings. The lowest BCUT2D eigenvalue weighted by Crippen LogP contribution is -2.32. The number of nitrogens with one attached hydrogen (secondary N) is 1. The molecule has 5 rings (SSSR count). The minimum absolute atomic E-state index is 0.169. The van der Waals surface area contributed by atoms with Crippen LogP contribution in [0.25, 0.3) is 11.3 Å². The van der Waals surface area contributed by atoms with Crippen LogP contribution in [0.1, 0.15) is 30.6 Å². The zero-order valence-corrected chi connectivity index (χ0v) is 21.5. The topological polar surface area (TPSA) is 62.3 Å². The number of carbonyl (C=O) groups is 2. The first-order chi connectivity index (χ1) is 16.8. The van der Waals surface area contributed by atoms with Crippen molar-refractivity contribution < 1.29 is 9.59 Å². The van der Waals surface area contributed by atoms with Gasteiger partial charge in [-0.25, -0.2) is 4.98 Å². The summed E-state index contributed by atoms with van der Waals surface area (Å²) < 4.78 is 0. The lowest BCUT2D eigenvalue weighted by Gasteiger charge is -2.23. The Morgan fingerprint density at radius 2 is 1.77 bits per heavy atom. The van der Waals surface area contributed by atoms with E-state index < -0.39 is 5.91 Å². The van der Waals surface area contributed by atoms with E-state index >= 15 is 0 Å². The fraction of sp³-hybridized carbons (Fsp3) is 0.115. The third-order valence-corrected chi connectivity index (χ3v) is 7.88. The highest BCUT2D eigenvalue weighted by Gasteiger charge is 2.28. The SMILES string of the molecule is Cc1nc2c(s1)CCN(C(=O)c1ccc(NC(=O)c3cccc(Cl)c3Cl)cc1Cl)c1ccccc1-2. The van der Waals surface area contributed by atoms with Gasteiger partial charge in [0, 0.05) is 29.1 Å². The number of benzene rings is 3. The van der Waals surface area contributed by atoms with E-state index in [0.29, 0.717) is 24.2 Å². The van der Waals surface area contributed by atoms with Crippen LogP contribution in [0, 0.1) is 6.92 Å². The maximum Gasteiger partial charge on any atom is 0.259 e. The van der Waals surface area contributed by atoms with Crippen molar-refractivity contribution >= 4 is 69.3 Å². The van der Waals surface area contributed by atoms with Gasteiger partial charge in [0.2, 0.25) is 0 Å². The summed E-state index contributed by atoms with van der Waals surface area (Å²) in [6.45, 7) is 2.50. The number of thiazole rings is 1. The molecule has 0 saturated heterocycles. The van der Waals surface area contributed by atoms with E-state index in [1.807, 2.05) is 31.2 Å². The Kier molecular flexibility index (Phi) is 6.55. The lowest BCUT2D eigenvalue weighted by molar-refractivity contribution is 0.0986. The van der Waals surface area contributed by atoms with Gasteiger partial charge >= 0.3 is 0 Å². The highest BCUT2D eigenvalue weighted by atomic mass is 35.5. The molecule has 1 aromatic heterocycles. The molecule has 4 aromatic rings. The second kappa shape index (κ2) is 9.63. The molecule has 35 heavy (non-hydrogen) atoms. The number of aromatic nitrogens is 1. The van der Waals surface area contributed by atoms with Crippen molar-refractivity contribution in [3.63, 3.8) is 0 Å². The number of carbonyl (C=O) groups excluding carboxylic acids is 2. The number of nitrogens with zero attached hydrogens (tertiary/aromatic N) is 2. The molecule has 0 unspecified atom stereocenters. The molecular weight excluding hydrogens is 525 g/mol. The van der Waals surface area contributed by atoms with Crippen LogP contribution >= 0.6 is 46.1 Å². The van der Waals surface area contributed by atoms with Crippen LogP contribution in [0.5, 0.6) is 0 Å². The van der Waals surface area contributed by atoms with Gasteiger partial charge in [-0.3, -0.25) is 9.59 Å². The lowest BCUT2D eigenvalue weighted by atomic mass is 10.1. The molecule has 0 atom stereocenters. The number of hydrogen-bond acceptors (Lipinski definition) is 4. The number of hydrogen-bond donors (Lipinski definition) is 1. The molecule has 0 radical (unpaired) electrons. The molecular formula is C26H18Cl3N3O2S. The first-order valence-corrected chi connectivity index (χ1v) is 12.7. The van der Waals surface area contributed by atoms with Crippen LogP contribution in [-0.2, 0) is 6.42 Å². The Bertz CT molecular complexity index is 1480. The van der Waals surface area contributed by atoms with Gasteiger partial charge in [0.15, 0.2) is 0 Å². The fourth-order valence-electron chi connectivity index (χ4n) is 4.09. The van der Waals surface area contributed by atoms with Crippen LogP contribution in [0.2, 0.25) is 15.1 Å². The first-order valence-electron chi connectivity index (χ1n) is 10.8. The summed E-state index contributed by atoms with van der Waals surface area (Å²) in [6, 6.07) is 17.4. The molecule has 0 bridgehead atoms.